The molecule has 1 heterocycles. The summed E-state index contributed by atoms with van der Waals surface area (Å²) in [4.78, 5) is 25.2. The van der Waals surface area contributed by atoms with Gasteiger partial charge in [0.1, 0.15) is 5.75 Å². The normalized spacial score (nSPS) is 18.8. The maximum atomic E-state index is 12.1. The van der Waals surface area contributed by atoms with Crippen molar-refractivity contribution in [2.24, 2.45) is 0 Å². The van der Waals surface area contributed by atoms with E-state index in [1.54, 1.807) is 0 Å². The second-order valence-corrected chi connectivity index (χ2v) is 6.41. The summed E-state index contributed by atoms with van der Waals surface area (Å²) in [5.74, 6) is 0.663. The summed E-state index contributed by atoms with van der Waals surface area (Å²) in [7, 11) is 0. The van der Waals surface area contributed by atoms with E-state index in [1.165, 1.54) is 4.90 Å². The first-order valence-electron chi connectivity index (χ1n) is 6.50. The molecule has 0 unspecified atom stereocenters. The summed E-state index contributed by atoms with van der Waals surface area (Å²) in [5.41, 5.74) is 0.942. The Hall–Kier alpha value is -1.01. The van der Waals surface area contributed by atoms with E-state index in [1.807, 2.05) is 32.0 Å². The summed E-state index contributed by atoms with van der Waals surface area (Å²) in [6.07, 6.45) is 0.501. The Labute approximate surface area is 131 Å². The van der Waals surface area contributed by atoms with Crippen molar-refractivity contribution in [2.45, 2.75) is 25.5 Å². The second-order valence-electron chi connectivity index (χ2n) is 4.34. The molecule has 0 saturated carbocycles. The molecule has 0 aromatic heterocycles. The Morgan fingerprint density at radius 2 is 2.10 bits per heavy atom. The van der Waals surface area contributed by atoms with Crippen LogP contribution in [-0.4, -0.2) is 34.4 Å². The summed E-state index contributed by atoms with van der Waals surface area (Å²) in [6, 6.07) is 5.73. The van der Waals surface area contributed by atoms with Gasteiger partial charge >= 0.3 is 0 Å². The zero-order valence-electron chi connectivity index (χ0n) is 11.4. The number of carbonyl (C=O) groups excluding carboxylic acids is 2. The molecule has 2 amide bonds. The average molecular weight is 358 g/mol. The fourth-order valence-electron chi connectivity index (χ4n) is 2.12. The maximum Gasteiger partial charge on any atom is 0.289 e. The first kappa shape index (κ1) is 15.4. The van der Waals surface area contributed by atoms with Crippen LogP contribution in [0.2, 0.25) is 0 Å². The minimum atomic E-state index is -0.351. The van der Waals surface area contributed by atoms with Gasteiger partial charge in [-0.1, -0.05) is 27.7 Å². The monoisotopic (exact) mass is 357 g/mol. The van der Waals surface area contributed by atoms with Gasteiger partial charge in [-0.15, -0.1) is 0 Å². The number of hydrogen-bond donors (Lipinski definition) is 0. The van der Waals surface area contributed by atoms with Gasteiger partial charge in [-0.05, 0) is 44.0 Å². The molecule has 6 heteroatoms. The molecule has 1 fully saturated rings. The Balaban J connectivity index is 2.20. The van der Waals surface area contributed by atoms with Crippen LogP contribution in [0.5, 0.6) is 5.75 Å². The minimum Gasteiger partial charge on any atom is -0.494 e. The van der Waals surface area contributed by atoms with E-state index in [-0.39, 0.29) is 16.4 Å². The molecule has 1 aliphatic rings. The fraction of sp³-hybridized carbons (Fsp3) is 0.429. The number of thioether (sulfide) groups is 1. The van der Waals surface area contributed by atoms with Gasteiger partial charge in [-0.25, -0.2) is 0 Å². The molecule has 4 nitrogen and oxygen atoms in total. The molecule has 20 heavy (non-hydrogen) atoms. The van der Waals surface area contributed by atoms with Crippen LogP contribution in [0.15, 0.2) is 22.7 Å². The molecule has 0 spiro atoms. The molecule has 2 rings (SSSR count). The van der Waals surface area contributed by atoms with Crippen LogP contribution in [0.25, 0.3) is 0 Å². The standard InChI is InChI=1S/C14H16BrNO3S/c1-3-16-13(17)12(20-14(16)18)8-9-7-10(15)5-6-11(9)19-4-2/h5-7,12H,3-4,8H2,1-2H3/t12-/m0/s1. The van der Waals surface area contributed by atoms with E-state index < -0.39 is 0 Å². The third-order valence-corrected chi connectivity index (χ3v) is 4.62. The first-order valence-corrected chi connectivity index (χ1v) is 8.17. The minimum absolute atomic E-state index is 0.107. The summed E-state index contributed by atoms with van der Waals surface area (Å²) < 4.78 is 6.51. The lowest BCUT2D eigenvalue weighted by Gasteiger charge is -2.13. The molecule has 1 aromatic carbocycles. The molecular formula is C14H16BrNO3S. The van der Waals surface area contributed by atoms with Gasteiger partial charge in [-0.2, -0.15) is 0 Å². The topological polar surface area (TPSA) is 46.6 Å². The lowest BCUT2D eigenvalue weighted by atomic mass is 10.1. The number of halogens is 1. The highest BCUT2D eigenvalue weighted by molar-refractivity contribution is 9.10. The van der Waals surface area contributed by atoms with Gasteiger partial charge in [-0.3, -0.25) is 14.5 Å². The summed E-state index contributed by atoms with van der Waals surface area (Å²) in [5, 5.41) is -0.508. The molecule has 0 radical (unpaired) electrons. The van der Waals surface area contributed by atoms with Gasteiger partial charge in [0.05, 0.1) is 11.9 Å². The van der Waals surface area contributed by atoms with Crippen molar-refractivity contribution < 1.29 is 14.3 Å². The third-order valence-electron chi connectivity index (χ3n) is 3.05. The number of nitrogens with zero attached hydrogens (tertiary/aromatic N) is 1. The number of carbonyl (C=O) groups is 2. The first-order chi connectivity index (χ1) is 9.56. The molecule has 1 aromatic rings. The maximum absolute atomic E-state index is 12.1. The number of amides is 2. The van der Waals surface area contributed by atoms with Crippen LogP contribution in [-0.2, 0) is 11.2 Å². The van der Waals surface area contributed by atoms with Gasteiger partial charge in [0.2, 0.25) is 5.91 Å². The molecule has 0 bridgehead atoms. The van der Waals surface area contributed by atoms with Gasteiger partial charge in [0, 0.05) is 11.0 Å². The van der Waals surface area contributed by atoms with E-state index in [4.69, 9.17) is 4.74 Å². The van der Waals surface area contributed by atoms with Crippen molar-refractivity contribution in [2.75, 3.05) is 13.2 Å². The van der Waals surface area contributed by atoms with Gasteiger partial charge < -0.3 is 4.74 Å². The van der Waals surface area contributed by atoms with Crippen LogP contribution >= 0.6 is 27.7 Å². The quantitative estimate of drug-likeness (QED) is 0.809. The predicted octanol–water partition coefficient (Wildman–Crippen LogP) is 3.47. The van der Waals surface area contributed by atoms with E-state index in [2.05, 4.69) is 15.9 Å². The van der Waals surface area contributed by atoms with E-state index in [0.717, 1.165) is 27.5 Å². The second kappa shape index (κ2) is 6.63. The average Bonchev–Trinajstić information content (AvgIpc) is 2.67. The molecule has 1 aliphatic heterocycles. The van der Waals surface area contributed by atoms with E-state index >= 15 is 0 Å². The summed E-state index contributed by atoms with van der Waals surface area (Å²) >= 11 is 4.53. The number of ether oxygens (including phenoxy) is 1. The lowest BCUT2D eigenvalue weighted by molar-refractivity contribution is -0.126. The Bertz CT molecular complexity index is 535. The van der Waals surface area contributed by atoms with Crippen molar-refractivity contribution in [3.8, 4) is 5.75 Å². The number of rotatable bonds is 5. The zero-order chi connectivity index (χ0) is 14.7. The van der Waals surface area contributed by atoms with E-state index in [0.29, 0.717) is 19.6 Å². The predicted molar refractivity (Wildman–Crippen MR) is 83.2 cm³/mol. The molecule has 0 aliphatic carbocycles. The fourth-order valence-corrected chi connectivity index (χ4v) is 3.61. The molecule has 0 N–H and O–H groups in total. The van der Waals surface area contributed by atoms with Crippen LogP contribution in [0, 0.1) is 0 Å². The Morgan fingerprint density at radius 1 is 1.35 bits per heavy atom. The smallest absolute Gasteiger partial charge is 0.289 e. The molecule has 1 atom stereocenters. The number of benzene rings is 1. The van der Waals surface area contributed by atoms with Crippen molar-refractivity contribution >= 4 is 38.8 Å². The zero-order valence-corrected chi connectivity index (χ0v) is 13.8. The molecule has 1 saturated heterocycles. The van der Waals surface area contributed by atoms with Crippen molar-refractivity contribution in [1.29, 1.82) is 0 Å². The third kappa shape index (κ3) is 3.17. The van der Waals surface area contributed by atoms with Crippen molar-refractivity contribution in [1.82, 2.24) is 4.90 Å². The van der Waals surface area contributed by atoms with E-state index in [9.17, 15) is 9.59 Å². The summed E-state index contributed by atoms with van der Waals surface area (Å²) in [6.45, 7) is 4.73. The van der Waals surface area contributed by atoms with Gasteiger partial charge in [0.25, 0.3) is 5.24 Å². The lowest BCUT2D eigenvalue weighted by Crippen LogP contribution is -2.31. The highest BCUT2D eigenvalue weighted by Crippen LogP contribution is 2.33. The van der Waals surface area contributed by atoms with Crippen LogP contribution < -0.4 is 4.74 Å². The van der Waals surface area contributed by atoms with Crippen LogP contribution in [0.4, 0.5) is 4.79 Å². The van der Waals surface area contributed by atoms with Gasteiger partial charge in [0.15, 0.2) is 0 Å². The molecular weight excluding hydrogens is 342 g/mol. The Kier molecular flexibility index (Phi) is 5.10. The van der Waals surface area contributed by atoms with Crippen LogP contribution in [0.3, 0.4) is 0 Å². The largest absolute Gasteiger partial charge is 0.494 e. The highest BCUT2D eigenvalue weighted by Gasteiger charge is 2.38. The number of hydrogen-bond acceptors (Lipinski definition) is 4. The SMILES string of the molecule is CCOc1ccc(Br)cc1C[C@@H]1SC(=O)N(CC)C1=O. The Morgan fingerprint density at radius 3 is 2.70 bits per heavy atom. The van der Waals surface area contributed by atoms with Crippen molar-refractivity contribution in [3.05, 3.63) is 28.2 Å². The molecule has 108 valence electrons. The van der Waals surface area contributed by atoms with Crippen LogP contribution in [0.1, 0.15) is 19.4 Å². The van der Waals surface area contributed by atoms with Crippen molar-refractivity contribution in [3.63, 3.8) is 0 Å². The number of imide groups is 1. The highest BCUT2D eigenvalue weighted by atomic mass is 79.9.